The van der Waals surface area contributed by atoms with E-state index in [0.29, 0.717) is 85.9 Å². The third-order valence-corrected chi connectivity index (χ3v) is 17.9. The van der Waals surface area contributed by atoms with Gasteiger partial charge in [-0.3, -0.25) is 33.6 Å². The van der Waals surface area contributed by atoms with Crippen LogP contribution in [-0.2, 0) is 35.3 Å². The topological polar surface area (TPSA) is 288 Å². The van der Waals surface area contributed by atoms with Gasteiger partial charge in [-0.2, -0.15) is 0 Å². The minimum absolute atomic E-state index is 0.0234. The number of ketones is 1. The second kappa shape index (κ2) is 24.5. The number of methoxy groups -OCH3 is 1. The Bertz CT molecular complexity index is 3550. The van der Waals surface area contributed by atoms with Gasteiger partial charge in [0.15, 0.2) is 11.9 Å². The minimum atomic E-state index is -1.06. The van der Waals surface area contributed by atoms with Crippen LogP contribution < -0.4 is 26.6 Å². The van der Waals surface area contributed by atoms with Crippen molar-refractivity contribution >= 4 is 116 Å². The van der Waals surface area contributed by atoms with Crippen LogP contribution in [0.5, 0.6) is 0 Å². The average molecular weight is 1170 g/mol. The fourth-order valence-corrected chi connectivity index (χ4v) is 13.8. The second-order valence-electron chi connectivity index (χ2n) is 17.8. The number of aryl methyl sites for hydroxylation is 1. The van der Waals surface area contributed by atoms with Crippen LogP contribution in [0.4, 0.5) is 5.82 Å². The third-order valence-electron chi connectivity index (χ3n) is 12.1. The number of Topliss-reactive ketones (excluding diaryl/α,β-unsaturated/α-hetero) is 1. The Balaban J connectivity index is 1.15. The van der Waals surface area contributed by atoms with Crippen LogP contribution in [0.2, 0.25) is 0 Å². The van der Waals surface area contributed by atoms with Crippen LogP contribution >= 0.6 is 68.0 Å². The number of rotatable bonds is 11. The lowest BCUT2D eigenvalue weighted by atomic mass is 9.90. The van der Waals surface area contributed by atoms with Gasteiger partial charge in [0.05, 0.1) is 41.2 Å². The molecule has 0 radical (unpaired) electrons. The van der Waals surface area contributed by atoms with E-state index in [9.17, 15) is 33.6 Å². The van der Waals surface area contributed by atoms with Gasteiger partial charge >= 0.3 is 5.97 Å². The Morgan fingerprint density at radius 1 is 0.756 bits per heavy atom. The summed E-state index contributed by atoms with van der Waals surface area (Å²) in [5.74, 6) is -3.44. The van der Waals surface area contributed by atoms with E-state index >= 15 is 0 Å². The molecule has 5 amide bonds. The van der Waals surface area contributed by atoms with Crippen molar-refractivity contribution in [3.05, 3.63) is 111 Å². The number of thiazole rings is 6. The van der Waals surface area contributed by atoms with Crippen LogP contribution in [-0.4, -0.2) is 97.4 Å². The molecule has 8 heterocycles. The number of ether oxygens (including phenoxy) is 2. The number of carbonyl (C=O) groups excluding carboxylic acids is 7. The van der Waals surface area contributed by atoms with Crippen molar-refractivity contribution in [2.75, 3.05) is 26.0 Å². The van der Waals surface area contributed by atoms with Crippen molar-refractivity contribution in [2.45, 2.75) is 71.2 Å². The lowest BCUT2D eigenvalue weighted by Crippen LogP contribution is -2.41. The summed E-state index contributed by atoms with van der Waals surface area (Å²) >= 11 is 7.35. The van der Waals surface area contributed by atoms with E-state index < -0.39 is 54.3 Å². The number of aromatic nitrogens is 7. The number of anilines is 1. The van der Waals surface area contributed by atoms with Crippen molar-refractivity contribution in [1.29, 1.82) is 0 Å². The first-order valence-corrected chi connectivity index (χ1v) is 29.1. The molecule has 0 aliphatic carbocycles. The molecule has 0 fully saturated rings. The molecule has 402 valence electrons. The SMILES string of the molecule is CNC(=O)C[C@@H]1NC(=O)c2csc(n2)-c2ccc(-c3nc(NC=O)cs3)nc2-c2csc(n2)-c2csc(n2)[C@H]([C@@H](OC(C)=O)c2ccccc2)NC(=O)CNC(=O)c2nc(sc2COC)[C@@H](C(C)C)CC(=O)c2nc1sc2C. The fraction of sp³-hybridized carbons (Fsp3) is 0.294. The van der Waals surface area contributed by atoms with Crippen molar-refractivity contribution in [3.8, 4) is 43.4 Å². The highest BCUT2D eigenvalue weighted by molar-refractivity contribution is 7.15. The average Bonchev–Trinajstić information content (AvgIpc) is 4.30. The van der Waals surface area contributed by atoms with E-state index in [0.717, 1.165) is 0 Å². The molecule has 27 heteroatoms. The second-order valence-corrected chi connectivity index (χ2v) is 23.6. The molecule has 7 aromatic heterocycles. The van der Waals surface area contributed by atoms with Gasteiger partial charge in [0, 0.05) is 65.4 Å². The van der Waals surface area contributed by atoms with E-state index in [1.807, 2.05) is 19.9 Å². The van der Waals surface area contributed by atoms with Crippen molar-refractivity contribution in [1.82, 2.24) is 56.2 Å². The van der Waals surface area contributed by atoms with E-state index in [1.54, 1.807) is 64.8 Å². The van der Waals surface area contributed by atoms with Crippen molar-refractivity contribution < 1.29 is 43.0 Å². The summed E-state index contributed by atoms with van der Waals surface area (Å²) in [7, 11) is 2.97. The quantitative estimate of drug-likeness (QED) is 0.0601. The van der Waals surface area contributed by atoms with Gasteiger partial charge in [-0.25, -0.2) is 34.9 Å². The summed E-state index contributed by atoms with van der Waals surface area (Å²) < 4.78 is 11.4. The van der Waals surface area contributed by atoms with Crippen molar-refractivity contribution in [2.24, 2.45) is 5.92 Å². The number of nitrogens with zero attached hydrogens (tertiary/aromatic N) is 7. The molecule has 1 aliphatic heterocycles. The monoisotopic (exact) mass is 1160 g/mol. The molecule has 0 spiro atoms. The van der Waals surface area contributed by atoms with Crippen LogP contribution in [0.25, 0.3) is 43.4 Å². The van der Waals surface area contributed by atoms with Crippen LogP contribution in [0.1, 0.15) is 120 Å². The number of nitrogens with one attached hydrogen (secondary N) is 5. The summed E-state index contributed by atoms with van der Waals surface area (Å²) in [5.41, 5.74) is 3.06. The smallest absolute Gasteiger partial charge is 0.303 e. The van der Waals surface area contributed by atoms with Crippen LogP contribution in [0.15, 0.2) is 64.0 Å². The molecule has 1 aliphatic rings. The van der Waals surface area contributed by atoms with E-state index in [-0.39, 0.29) is 54.1 Å². The number of pyridine rings is 1. The Kier molecular flexibility index (Phi) is 17.4. The normalized spacial score (nSPS) is 16.6. The van der Waals surface area contributed by atoms with Gasteiger partial charge in [0.1, 0.15) is 71.1 Å². The highest BCUT2D eigenvalue weighted by atomic mass is 32.1. The van der Waals surface area contributed by atoms with Crippen LogP contribution in [0.3, 0.4) is 0 Å². The summed E-state index contributed by atoms with van der Waals surface area (Å²) in [5, 5.41) is 23.2. The number of carbonyl (C=O) groups is 7. The lowest BCUT2D eigenvalue weighted by molar-refractivity contribution is -0.149. The Morgan fingerprint density at radius 3 is 2.22 bits per heavy atom. The van der Waals surface area contributed by atoms with Gasteiger partial charge < -0.3 is 36.1 Å². The zero-order valence-corrected chi connectivity index (χ0v) is 47.3. The summed E-state index contributed by atoms with van der Waals surface area (Å²) in [6.45, 7) is 6.42. The summed E-state index contributed by atoms with van der Waals surface area (Å²) in [6, 6.07) is 10.4. The molecule has 9 rings (SSSR count). The molecule has 0 unspecified atom stereocenters. The molecular weight excluding hydrogens is 1120 g/mol. The molecule has 21 nitrogen and oxygen atoms in total. The molecule has 4 atom stereocenters. The molecule has 10 bridgehead atoms. The van der Waals surface area contributed by atoms with Crippen LogP contribution in [0, 0.1) is 12.8 Å². The maximum atomic E-state index is 14.3. The van der Waals surface area contributed by atoms with Gasteiger partial charge in [-0.05, 0) is 30.5 Å². The summed E-state index contributed by atoms with van der Waals surface area (Å²) in [4.78, 5) is 129. The first-order valence-electron chi connectivity index (χ1n) is 24.0. The number of hydrogen-bond donors (Lipinski definition) is 5. The first-order chi connectivity index (χ1) is 37.6. The zero-order chi connectivity index (χ0) is 55.2. The Morgan fingerprint density at radius 2 is 1.47 bits per heavy atom. The van der Waals surface area contributed by atoms with E-state index in [2.05, 4.69) is 31.6 Å². The first kappa shape index (κ1) is 55.4. The number of fused-ring (bicyclic) bond motifs is 14. The fourth-order valence-electron chi connectivity index (χ4n) is 8.26. The lowest BCUT2D eigenvalue weighted by Gasteiger charge is -2.26. The Hall–Kier alpha value is -7.40. The van der Waals surface area contributed by atoms with Gasteiger partial charge in [0.2, 0.25) is 18.2 Å². The number of amides is 5. The molecule has 0 saturated carbocycles. The predicted molar refractivity (Wildman–Crippen MR) is 298 cm³/mol. The molecular formula is C51H48N12O9S6. The van der Waals surface area contributed by atoms with Crippen molar-refractivity contribution in [3.63, 3.8) is 0 Å². The zero-order valence-electron chi connectivity index (χ0n) is 42.4. The van der Waals surface area contributed by atoms with E-state index in [1.165, 1.54) is 89.1 Å². The van der Waals surface area contributed by atoms with Gasteiger partial charge in [-0.15, -0.1) is 68.0 Å². The van der Waals surface area contributed by atoms with E-state index in [4.69, 9.17) is 39.4 Å². The highest BCUT2D eigenvalue weighted by Crippen LogP contribution is 2.41. The largest absolute Gasteiger partial charge is 0.455 e. The molecule has 8 aromatic rings. The minimum Gasteiger partial charge on any atom is -0.455 e. The standard InChI is InChI=1S/C51H48N12O9S6/c1-23(2)28-14-34(66)39-24(3)77-50(62-39)30(15-37(67)52-5)56-44(69)32-19-73-46(58-32)27-12-13-29(48-60-36(21-76-48)54-22-64)55-40(27)31-18-74-49(57-31)33-20-75-51(59-33)42(43(72-25(4)65)26-10-8-7-9-11-26)61-38(68)16-53-45(70)41-35(17-71-6)78-47(28)63-41/h7-13,18-23,28,30,42-43H,14-17H2,1-6H3,(H,52,67)(H,53,70)(H,54,64)(H,56,69)(H,61,68)/t28-,30+,42+,43+/m1/s1. The molecule has 0 saturated heterocycles. The number of hydrogen-bond acceptors (Lipinski definition) is 22. The molecule has 78 heavy (non-hydrogen) atoms. The number of benzene rings is 1. The van der Waals surface area contributed by atoms with Gasteiger partial charge in [-0.1, -0.05) is 44.2 Å². The highest BCUT2D eigenvalue weighted by Gasteiger charge is 2.34. The maximum Gasteiger partial charge on any atom is 0.303 e. The van der Waals surface area contributed by atoms with Gasteiger partial charge in [0.25, 0.3) is 11.8 Å². The summed E-state index contributed by atoms with van der Waals surface area (Å²) in [6.07, 6.45) is -0.751. The Labute approximate surface area is 469 Å². The number of esters is 1. The molecule has 5 N–H and O–H groups in total. The maximum absolute atomic E-state index is 14.3. The predicted octanol–water partition coefficient (Wildman–Crippen LogP) is 8.34. The third kappa shape index (κ3) is 12.5. The molecule has 1 aromatic carbocycles.